The molecule has 2 aliphatic rings. The fourth-order valence-electron chi connectivity index (χ4n) is 3.48. The normalized spacial score (nSPS) is 22.2. The van der Waals surface area contributed by atoms with Crippen LogP contribution in [0.3, 0.4) is 0 Å². The van der Waals surface area contributed by atoms with Crippen LogP contribution in [0.5, 0.6) is 0 Å². The van der Waals surface area contributed by atoms with Crippen molar-refractivity contribution in [3.05, 3.63) is 4.91 Å². The molecule has 158 valence electrons. The number of nitrogens with one attached hydrogen (secondary N) is 2. The minimum absolute atomic E-state index is 0.172. The Morgan fingerprint density at radius 3 is 2.30 bits per heavy atom. The molecule has 1 atom stereocenters. The number of hydrogen-bond acceptors (Lipinski definition) is 6. The fraction of sp³-hybridized carbons (Fsp3) is 0.900. The number of piperidine rings is 1. The molecule has 0 unspecified atom stereocenters. The van der Waals surface area contributed by atoms with Crippen molar-refractivity contribution in [3.63, 3.8) is 0 Å². The van der Waals surface area contributed by atoms with Gasteiger partial charge in [-0.1, -0.05) is 40.2 Å². The number of carbonyl (C=O) groups is 2. The third kappa shape index (κ3) is 7.66. The monoisotopic (exact) mass is 384 g/mol. The van der Waals surface area contributed by atoms with Crippen LogP contribution in [-0.4, -0.2) is 59.9 Å². The summed E-state index contributed by atoms with van der Waals surface area (Å²) in [5, 5.41) is 3.51. The molecule has 0 spiro atoms. The van der Waals surface area contributed by atoms with Gasteiger partial charge in [0.05, 0.1) is 0 Å². The zero-order chi connectivity index (χ0) is 21.3. The molecule has 0 bridgehead atoms. The maximum atomic E-state index is 12.5. The number of likely N-dealkylation sites (tertiary alicyclic amines) is 1. The molecule has 1 amide bonds. The van der Waals surface area contributed by atoms with Crippen molar-refractivity contribution in [1.82, 2.24) is 15.1 Å². The SMILES string of the molecule is CC.CCC(C)(C)C(=O)C(=O)N1CCC[C@@H](CN2CNC(C)(C)C2)C1.N=O. The van der Waals surface area contributed by atoms with E-state index in [1.165, 1.54) is 0 Å². The van der Waals surface area contributed by atoms with E-state index in [0.717, 1.165) is 45.7 Å². The number of nitrogens with zero attached hydrogens (tertiary/aromatic N) is 2. The van der Waals surface area contributed by atoms with Gasteiger partial charge in [-0.2, -0.15) is 4.91 Å². The van der Waals surface area contributed by atoms with Gasteiger partial charge >= 0.3 is 0 Å². The Balaban J connectivity index is 0.00000158. The number of rotatable bonds is 5. The highest BCUT2D eigenvalue weighted by molar-refractivity contribution is 6.37. The van der Waals surface area contributed by atoms with E-state index < -0.39 is 5.41 Å². The van der Waals surface area contributed by atoms with E-state index in [9.17, 15) is 9.59 Å². The molecular weight excluding hydrogens is 344 g/mol. The van der Waals surface area contributed by atoms with Crippen LogP contribution >= 0.6 is 0 Å². The van der Waals surface area contributed by atoms with Gasteiger partial charge in [-0.05, 0) is 39.0 Å². The molecule has 2 aliphatic heterocycles. The molecule has 2 N–H and O–H groups in total. The van der Waals surface area contributed by atoms with Crippen LogP contribution in [0.1, 0.15) is 67.7 Å². The number of amides is 1. The molecule has 2 fully saturated rings. The van der Waals surface area contributed by atoms with Gasteiger partial charge in [-0.25, -0.2) is 0 Å². The van der Waals surface area contributed by atoms with E-state index in [2.05, 4.69) is 29.7 Å². The standard InChI is InChI=1S/C18H33N3O2.C2H6.HNO/c1-6-17(2,3)15(22)16(23)21-9-7-8-14(11-21)10-20-12-18(4,5)19-13-20;2*1-2/h14,19H,6-13H2,1-5H3;1-2H3;1H/t14-;;/m0../s1. The lowest BCUT2D eigenvalue weighted by Crippen LogP contribution is -2.48. The molecule has 2 saturated heterocycles. The summed E-state index contributed by atoms with van der Waals surface area (Å²) in [6.45, 7) is 18.5. The van der Waals surface area contributed by atoms with Crippen molar-refractivity contribution in [1.29, 1.82) is 5.59 Å². The van der Waals surface area contributed by atoms with E-state index >= 15 is 0 Å². The largest absolute Gasteiger partial charge is 0.336 e. The predicted octanol–water partition coefficient (Wildman–Crippen LogP) is 3.23. The van der Waals surface area contributed by atoms with Gasteiger partial charge in [0.1, 0.15) is 0 Å². The van der Waals surface area contributed by atoms with E-state index in [1.54, 1.807) is 4.90 Å². The zero-order valence-corrected chi connectivity index (χ0v) is 18.4. The Kier molecular flexibility index (Phi) is 10.9. The summed E-state index contributed by atoms with van der Waals surface area (Å²) in [6, 6.07) is 0. The first-order chi connectivity index (χ1) is 12.6. The molecule has 0 aromatic rings. The third-order valence-corrected chi connectivity index (χ3v) is 5.42. The highest BCUT2D eigenvalue weighted by Gasteiger charge is 2.37. The van der Waals surface area contributed by atoms with E-state index in [-0.39, 0.29) is 17.2 Å². The van der Waals surface area contributed by atoms with Crippen LogP contribution in [0.2, 0.25) is 0 Å². The van der Waals surface area contributed by atoms with E-state index in [1.807, 2.05) is 34.6 Å². The van der Waals surface area contributed by atoms with Crippen molar-refractivity contribution in [3.8, 4) is 0 Å². The molecule has 7 heteroatoms. The van der Waals surface area contributed by atoms with Crippen LogP contribution in [0.4, 0.5) is 0 Å². The van der Waals surface area contributed by atoms with Crippen molar-refractivity contribution in [2.24, 2.45) is 11.3 Å². The van der Waals surface area contributed by atoms with E-state index in [4.69, 9.17) is 4.91 Å². The van der Waals surface area contributed by atoms with Gasteiger partial charge in [0.15, 0.2) is 0 Å². The highest BCUT2D eigenvalue weighted by atomic mass is 16.2. The second-order valence-corrected chi connectivity index (χ2v) is 8.56. The summed E-state index contributed by atoms with van der Waals surface area (Å²) in [4.78, 5) is 36.7. The summed E-state index contributed by atoms with van der Waals surface area (Å²) in [5.74, 6) is -0.0352. The molecule has 0 aromatic heterocycles. The average molecular weight is 385 g/mol. The van der Waals surface area contributed by atoms with Crippen LogP contribution in [-0.2, 0) is 9.59 Å². The minimum atomic E-state index is -0.549. The van der Waals surface area contributed by atoms with Gasteiger partial charge in [-0.3, -0.25) is 19.8 Å². The van der Waals surface area contributed by atoms with Gasteiger partial charge < -0.3 is 4.90 Å². The molecule has 2 heterocycles. The fourth-order valence-corrected chi connectivity index (χ4v) is 3.48. The maximum absolute atomic E-state index is 12.5. The second kappa shape index (κ2) is 11.5. The summed E-state index contributed by atoms with van der Waals surface area (Å²) in [6.07, 6.45) is 2.84. The van der Waals surface area contributed by atoms with Crippen molar-refractivity contribution in [2.45, 2.75) is 73.3 Å². The summed E-state index contributed by atoms with van der Waals surface area (Å²) >= 11 is 0. The Morgan fingerprint density at radius 2 is 1.81 bits per heavy atom. The molecule has 0 radical (unpaired) electrons. The highest BCUT2D eigenvalue weighted by Crippen LogP contribution is 2.25. The quantitative estimate of drug-likeness (QED) is 0.561. The van der Waals surface area contributed by atoms with Crippen LogP contribution < -0.4 is 5.32 Å². The van der Waals surface area contributed by atoms with Crippen molar-refractivity contribution >= 4 is 11.7 Å². The van der Waals surface area contributed by atoms with E-state index in [0.29, 0.717) is 12.3 Å². The number of hydrogen-bond donors (Lipinski definition) is 2. The third-order valence-electron chi connectivity index (χ3n) is 5.42. The summed E-state index contributed by atoms with van der Waals surface area (Å²) in [7, 11) is 0. The molecule has 27 heavy (non-hydrogen) atoms. The number of ketones is 1. The Bertz CT molecular complexity index is 480. The van der Waals surface area contributed by atoms with Crippen molar-refractivity contribution < 1.29 is 9.59 Å². The van der Waals surface area contributed by atoms with Gasteiger partial charge in [-0.15, -0.1) is 0 Å². The van der Waals surface area contributed by atoms with Crippen LogP contribution in [0, 0.1) is 21.8 Å². The van der Waals surface area contributed by atoms with Crippen LogP contribution in [0.25, 0.3) is 0 Å². The Morgan fingerprint density at radius 1 is 1.22 bits per heavy atom. The topological polar surface area (TPSA) is 93.6 Å². The Hall–Kier alpha value is -1.34. The second-order valence-electron chi connectivity index (χ2n) is 8.56. The molecule has 2 rings (SSSR count). The first kappa shape index (κ1) is 25.7. The molecule has 0 aliphatic carbocycles. The minimum Gasteiger partial charge on any atom is -0.336 e. The molecular formula is C20H40N4O3. The number of carbonyl (C=O) groups excluding carboxylic acids is 2. The summed E-state index contributed by atoms with van der Waals surface area (Å²) in [5.41, 5.74) is 4.12. The summed E-state index contributed by atoms with van der Waals surface area (Å²) < 4.78 is 0. The van der Waals surface area contributed by atoms with Gasteiger partial charge in [0.25, 0.3) is 5.91 Å². The maximum Gasteiger partial charge on any atom is 0.290 e. The first-order valence-electron chi connectivity index (χ1n) is 10.2. The van der Waals surface area contributed by atoms with Gasteiger partial charge in [0.2, 0.25) is 5.78 Å². The molecule has 7 nitrogen and oxygen atoms in total. The average Bonchev–Trinajstić information content (AvgIpc) is 3.02. The smallest absolute Gasteiger partial charge is 0.290 e. The predicted molar refractivity (Wildman–Crippen MR) is 109 cm³/mol. The van der Waals surface area contributed by atoms with Gasteiger partial charge in [0, 0.05) is 43.8 Å². The van der Waals surface area contributed by atoms with Crippen molar-refractivity contribution in [2.75, 3.05) is 32.8 Å². The molecule has 0 aromatic carbocycles. The lowest BCUT2D eigenvalue weighted by Gasteiger charge is -2.35. The Labute approximate surface area is 165 Å². The van der Waals surface area contributed by atoms with Crippen LogP contribution in [0.15, 0.2) is 0 Å². The number of nitroso groups, excluding NO2 is 1. The lowest BCUT2D eigenvalue weighted by molar-refractivity contribution is -0.150. The number of Topliss-reactive ketones (excluding diaryl/α,β-unsaturated/α-hetero) is 1. The zero-order valence-electron chi connectivity index (χ0n) is 18.4. The first-order valence-corrected chi connectivity index (χ1v) is 10.2. The lowest BCUT2D eigenvalue weighted by atomic mass is 9.84. The molecule has 0 saturated carbocycles.